The summed E-state index contributed by atoms with van der Waals surface area (Å²) < 4.78 is 42.1. The van der Waals surface area contributed by atoms with Crippen molar-refractivity contribution in [3.05, 3.63) is 23.5 Å². The summed E-state index contributed by atoms with van der Waals surface area (Å²) >= 11 is 2.23. The Bertz CT molecular complexity index is 520. The van der Waals surface area contributed by atoms with Gasteiger partial charge in [-0.15, -0.1) is 0 Å². The van der Waals surface area contributed by atoms with E-state index in [1.54, 1.807) is 0 Å². The first-order chi connectivity index (χ1) is 8.36. The van der Waals surface area contributed by atoms with Gasteiger partial charge in [0, 0.05) is 54.3 Å². The lowest BCUT2D eigenvalue weighted by molar-refractivity contribution is -0.141. The maximum atomic E-state index is 12.9. The molecule has 0 aromatic carbocycles. The molecule has 1 saturated heterocycles. The minimum atomic E-state index is -4.39. The first-order valence-corrected chi connectivity index (χ1v) is 6.58. The van der Waals surface area contributed by atoms with Crippen LogP contribution in [0.5, 0.6) is 0 Å². The number of alkyl halides is 3. The number of fused-ring (bicyclic) bond motifs is 2. The van der Waals surface area contributed by atoms with Gasteiger partial charge in [0.25, 0.3) is 0 Å². The average Bonchev–Trinajstić information content (AvgIpc) is 2.88. The highest BCUT2D eigenvalue weighted by Gasteiger charge is 2.43. The molecule has 0 spiro atoms. The number of nitrogens with zero attached hydrogens (tertiary/aromatic N) is 3. The van der Waals surface area contributed by atoms with Crippen LogP contribution in [-0.2, 0) is 13.2 Å². The van der Waals surface area contributed by atoms with Crippen LogP contribution in [0.1, 0.15) is 17.7 Å². The Kier molecular flexibility index (Phi) is 2.74. The minimum Gasteiger partial charge on any atom is -0.275 e. The third-order valence-corrected chi connectivity index (χ3v) is 4.61. The predicted molar refractivity (Wildman–Crippen MR) is 68.8 cm³/mol. The molecule has 3 rings (SSSR count). The summed E-state index contributed by atoms with van der Waals surface area (Å²) in [4.78, 5) is 0. The average molecular weight is 369 g/mol. The lowest BCUT2D eigenvalue weighted by Crippen LogP contribution is -2.20. The van der Waals surface area contributed by atoms with Crippen molar-refractivity contribution in [1.82, 2.24) is 12.9 Å². The molecule has 0 amide bonds. The van der Waals surface area contributed by atoms with Crippen molar-refractivity contribution in [2.75, 3.05) is 6.54 Å². The van der Waals surface area contributed by atoms with E-state index in [1.165, 1.54) is 17.9 Å². The first kappa shape index (κ1) is 12.5. The van der Waals surface area contributed by atoms with Gasteiger partial charge in [-0.25, -0.2) is 3.11 Å². The molecule has 3 nitrogen and oxygen atoms in total. The van der Waals surface area contributed by atoms with E-state index in [4.69, 9.17) is 0 Å². The van der Waals surface area contributed by atoms with Gasteiger partial charge in [0.15, 0.2) is 5.69 Å². The lowest BCUT2D eigenvalue weighted by Gasteiger charge is -2.19. The van der Waals surface area contributed by atoms with Gasteiger partial charge in [-0.3, -0.25) is 4.68 Å². The molecule has 2 atom stereocenters. The maximum Gasteiger partial charge on any atom is 0.435 e. The van der Waals surface area contributed by atoms with Gasteiger partial charge in [-0.05, 0) is 17.9 Å². The number of halogens is 4. The zero-order valence-electron chi connectivity index (χ0n) is 9.58. The van der Waals surface area contributed by atoms with Crippen LogP contribution in [0, 0.1) is 5.92 Å². The third-order valence-electron chi connectivity index (χ3n) is 3.50. The molecule has 1 aromatic rings. The van der Waals surface area contributed by atoms with Gasteiger partial charge in [0.2, 0.25) is 0 Å². The molecule has 1 fully saturated rings. The van der Waals surface area contributed by atoms with Crippen LogP contribution in [0.2, 0.25) is 0 Å². The molecule has 1 aromatic heterocycles. The number of aryl methyl sites for hydroxylation is 1. The fourth-order valence-electron chi connectivity index (χ4n) is 2.76. The molecule has 98 valence electrons. The second-order valence-corrected chi connectivity index (χ2v) is 6.01. The van der Waals surface area contributed by atoms with E-state index >= 15 is 0 Å². The van der Waals surface area contributed by atoms with Crippen molar-refractivity contribution in [3.63, 3.8) is 0 Å². The highest BCUT2D eigenvalue weighted by molar-refractivity contribution is 14.1. The van der Waals surface area contributed by atoms with Crippen molar-refractivity contribution in [1.29, 1.82) is 0 Å². The normalized spacial score (nSPS) is 27.9. The van der Waals surface area contributed by atoms with Gasteiger partial charge in [-0.2, -0.15) is 18.3 Å². The van der Waals surface area contributed by atoms with E-state index in [2.05, 4.69) is 31.1 Å². The fourth-order valence-corrected chi connectivity index (χ4v) is 3.63. The van der Waals surface area contributed by atoms with Crippen LogP contribution >= 0.6 is 22.9 Å². The molecule has 7 heteroatoms. The summed E-state index contributed by atoms with van der Waals surface area (Å²) in [6, 6.07) is 0.270. The number of aromatic nitrogens is 2. The monoisotopic (exact) mass is 369 g/mol. The number of rotatable bonds is 1. The Morgan fingerprint density at radius 2 is 2.17 bits per heavy atom. The molecule has 2 unspecified atom stereocenters. The van der Waals surface area contributed by atoms with E-state index in [0.29, 0.717) is 0 Å². The molecule has 18 heavy (non-hydrogen) atoms. The molecule has 2 aliphatic rings. The van der Waals surface area contributed by atoms with Crippen molar-refractivity contribution in [2.24, 2.45) is 13.0 Å². The van der Waals surface area contributed by atoms with Crippen molar-refractivity contribution >= 4 is 28.4 Å². The van der Waals surface area contributed by atoms with E-state index in [1.807, 2.05) is 6.08 Å². The standard InChI is InChI=1S/C11H11F3IN3/c1-17-5-9(10(16-17)11(12,13)14)8-3-7-2-6(8)4-18(7)15/h3,5-7H,2,4H2,1H3. The Morgan fingerprint density at radius 3 is 2.67 bits per heavy atom. The summed E-state index contributed by atoms with van der Waals surface area (Å²) in [7, 11) is 1.52. The molecule has 0 N–H and O–H groups in total. The number of hydrogen-bond acceptors (Lipinski definition) is 2. The zero-order valence-corrected chi connectivity index (χ0v) is 11.7. The van der Waals surface area contributed by atoms with Crippen LogP contribution in [0.4, 0.5) is 13.2 Å². The fraction of sp³-hybridized carbons (Fsp3) is 0.545. The first-order valence-electron chi connectivity index (χ1n) is 5.61. The van der Waals surface area contributed by atoms with Gasteiger partial charge in [0.1, 0.15) is 0 Å². The second kappa shape index (κ2) is 3.96. The van der Waals surface area contributed by atoms with E-state index in [-0.39, 0.29) is 17.5 Å². The largest absolute Gasteiger partial charge is 0.435 e. The molecular formula is C11H11F3IN3. The van der Waals surface area contributed by atoms with Crippen LogP contribution < -0.4 is 0 Å². The Labute approximate surface area is 116 Å². The Hall–Kier alpha value is -0.570. The van der Waals surface area contributed by atoms with Gasteiger partial charge < -0.3 is 0 Å². The van der Waals surface area contributed by atoms with Crippen LogP contribution in [0.15, 0.2) is 12.3 Å². The van der Waals surface area contributed by atoms with Crippen molar-refractivity contribution in [3.8, 4) is 0 Å². The van der Waals surface area contributed by atoms with Gasteiger partial charge in [0.05, 0.1) is 0 Å². The summed E-state index contributed by atoms with van der Waals surface area (Å²) in [5.41, 5.74) is 0.305. The van der Waals surface area contributed by atoms with E-state index < -0.39 is 11.9 Å². The SMILES string of the molecule is Cn1cc(C2=CC3CC2CN3I)c(C(F)(F)F)n1. The molecule has 0 saturated carbocycles. The highest BCUT2D eigenvalue weighted by atomic mass is 127. The summed E-state index contributed by atoms with van der Waals surface area (Å²) in [5.74, 6) is 0.206. The summed E-state index contributed by atoms with van der Waals surface area (Å²) in [6.07, 6.45) is -0.0342. The molecule has 1 aliphatic carbocycles. The lowest BCUT2D eigenvalue weighted by atomic mass is 9.96. The molecule has 1 aliphatic heterocycles. The van der Waals surface area contributed by atoms with Crippen molar-refractivity contribution in [2.45, 2.75) is 18.6 Å². The topological polar surface area (TPSA) is 21.1 Å². The Morgan fingerprint density at radius 1 is 1.44 bits per heavy atom. The van der Waals surface area contributed by atoms with Crippen LogP contribution in [0.25, 0.3) is 5.57 Å². The van der Waals surface area contributed by atoms with E-state index in [9.17, 15) is 13.2 Å². The van der Waals surface area contributed by atoms with Crippen molar-refractivity contribution < 1.29 is 13.2 Å². The third kappa shape index (κ3) is 1.87. The van der Waals surface area contributed by atoms with Crippen LogP contribution in [-0.4, -0.2) is 25.5 Å². The molecular weight excluding hydrogens is 358 g/mol. The Balaban J connectivity index is 2.04. The predicted octanol–water partition coefficient (Wildman–Crippen LogP) is 2.88. The van der Waals surface area contributed by atoms with Gasteiger partial charge >= 0.3 is 6.18 Å². The summed E-state index contributed by atoms with van der Waals surface area (Å²) in [6.45, 7) is 0.823. The van der Waals surface area contributed by atoms with Gasteiger partial charge in [-0.1, -0.05) is 6.08 Å². The molecule has 2 heterocycles. The smallest absolute Gasteiger partial charge is 0.275 e. The summed E-state index contributed by atoms with van der Waals surface area (Å²) in [5, 5.41) is 3.56. The quantitative estimate of drug-likeness (QED) is 0.561. The highest BCUT2D eigenvalue weighted by Crippen LogP contribution is 2.46. The molecule has 0 radical (unpaired) electrons. The van der Waals surface area contributed by atoms with E-state index in [0.717, 1.165) is 18.5 Å². The maximum absolute atomic E-state index is 12.9. The van der Waals surface area contributed by atoms with Crippen LogP contribution in [0.3, 0.4) is 0 Å². The zero-order chi connectivity index (χ0) is 13.1. The molecule has 2 bridgehead atoms. The number of hydrogen-bond donors (Lipinski definition) is 0. The minimum absolute atomic E-state index is 0.206. The second-order valence-electron chi connectivity index (χ2n) is 4.77.